The van der Waals surface area contributed by atoms with Crippen molar-refractivity contribution in [1.82, 2.24) is 5.32 Å². The standard InChI is InChI=1S/C19H27ClN2O5/c1-12-5-3-4-6-15(12)26-8-7-22-19(24)13-9-14(20)18(16(10-13)25-2)27-11-17(21)23/h9-10,12,15H,3-8,11H2,1-2H3,(H2,21,23)(H,22,24). The van der Waals surface area contributed by atoms with E-state index in [0.29, 0.717) is 24.6 Å². The molecule has 27 heavy (non-hydrogen) atoms. The number of nitrogens with one attached hydrogen (secondary N) is 1. The molecule has 0 aliphatic heterocycles. The van der Waals surface area contributed by atoms with Crippen LogP contribution in [0.4, 0.5) is 0 Å². The van der Waals surface area contributed by atoms with E-state index in [2.05, 4.69) is 12.2 Å². The Kier molecular flexibility index (Phi) is 8.19. The Morgan fingerprint density at radius 1 is 1.30 bits per heavy atom. The zero-order valence-corrected chi connectivity index (χ0v) is 16.5. The number of methoxy groups -OCH3 is 1. The maximum Gasteiger partial charge on any atom is 0.255 e. The number of halogens is 1. The van der Waals surface area contributed by atoms with Crippen LogP contribution >= 0.6 is 11.6 Å². The van der Waals surface area contributed by atoms with Gasteiger partial charge in [-0.05, 0) is 30.9 Å². The maximum absolute atomic E-state index is 12.4. The minimum absolute atomic E-state index is 0.160. The molecule has 2 rings (SSSR count). The van der Waals surface area contributed by atoms with Crippen LogP contribution in [0.2, 0.25) is 5.02 Å². The van der Waals surface area contributed by atoms with E-state index in [9.17, 15) is 9.59 Å². The first-order valence-corrected chi connectivity index (χ1v) is 9.48. The number of carbonyl (C=O) groups is 2. The summed E-state index contributed by atoms with van der Waals surface area (Å²) in [5.41, 5.74) is 5.39. The number of primary amides is 1. The molecule has 0 bridgehead atoms. The van der Waals surface area contributed by atoms with Gasteiger partial charge in [0.05, 0.1) is 24.8 Å². The molecule has 1 aromatic carbocycles. The van der Waals surface area contributed by atoms with Gasteiger partial charge in [-0.15, -0.1) is 0 Å². The number of carbonyl (C=O) groups excluding carboxylic acids is 2. The largest absolute Gasteiger partial charge is 0.493 e. The molecule has 8 heteroatoms. The minimum Gasteiger partial charge on any atom is -0.493 e. The Morgan fingerprint density at radius 3 is 2.70 bits per heavy atom. The summed E-state index contributed by atoms with van der Waals surface area (Å²) >= 11 is 6.16. The third-order valence-corrected chi connectivity index (χ3v) is 4.88. The van der Waals surface area contributed by atoms with Gasteiger partial charge >= 0.3 is 0 Å². The van der Waals surface area contributed by atoms with E-state index in [1.54, 1.807) is 0 Å². The molecule has 0 aromatic heterocycles. The predicted molar refractivity (Wildman–Crippen MR) is 102 cm³/mol. The highest BCUT2D eigenvalue weighted by molar-refractivity contribution is 6.32. The molecule has 2 unspecified atom stereocenters. The Hall–Kier alpha value is -1.99. The lowest BCUT2D eigenvalue weighted by Gasteiger charge is -2.28. The van der Waals surface area contributed by atoms with Gasteiger partial charge in [0.15, 0.2) is 18.1 Å². The number of rotatable bonds is 9. The molecular formula is C19H27ClN2O5. The number of amides is 2. The van der Waals surface area contributed by atoms with Crippen LogP contribution in [-0.2, 0) is 9.53 Å². The fourth-order valence-electron chi connectivity index (χ4n) is 3.14. The maximum atomic E-state index is 12.4. The summed E-state index contributed by atoms with van der Waals surface area (Å²) in [6, 6.07) is 2.96. The first-order chi connectivity index (χ1) is 12.9. The highest BCUT2D eigenvalue weighted by Gasteiger charge is 2.21. The molecule has 150 valence electrons. The highest BCUT2D eigenvalue weighted by Crippen LogP contribution is 2.36. The Bertz CT molecular complexity index is 668. The summed E-state index contributed by atoms with van der Waals surface area (Å²) < 4.78 is 16.3. The molecule has 1 saturated carbocycles. The zero-order chi connectivity index (χ0) is 19.8. The average molecular weight is 399 g/mol. The number of nitrogens with two attached hydrogens (primary N) is 1. The van der Waals surface area contributed by atoms with Crippen LogP contribution in [0.5, 0.6) is 11.5 Å². The monoisotopic (exact) mass is 398 g/mol. The number of hydrogen-bond acceptors (Lipinski definition) is 5. The van der Waals surface area contributed by atoms with Crippen molar-refractivity contribution in [3.8, 4) is 11.5 Å². The topological polar surface area (TPSA) is 99.9 Å². The van der Waals surface area contributed by atoms with E-state index in [0.717, 1.165) is 6.42 Å². The first-order valence-electron chi connectivity index (χ1n) is 9.10. The molecule has 2 amide bonds. The van der Waals surface area contributed by atoms with Crippen LogP contribution in [0.3, 0.4) is 0 Å². The van der Waals surface area contributed by atoms with Crippen LogP contribution in [0.15, 0.2) is 12.1 Å². The fourth-order valence-corrected chi connectivity index (χ4v) is 3.41. The molecule has 0 heterocycles. The SMILES string of the molecule is COc1cc(C(=O)NCCOC2CCCCC2C)cc(Cl)c1OCC(N)=O. The second kappa shape index (κ2) is 10.4. The van der Waals surface area contributed by atoms with Crippen molar-refractivity contribution in [2.24, 2.45) is 11.7 Å². The summed E-state index contributed by atoms with van der Waals surface area (Å²) in [6.07, 6.45) is 5.00. The molecule has 7 nitrogen and oxygen atoms in total. The Labute approximate surface area is 164 Å². The van der Waals surface area contributed by atoms with Gasteiger partial charge in [-0.1, -0.05) is 31.4 Å². The van der Waals surface area contributed by atoms with Gasteiger partial charge in [-0.2, -0.15) is 0 Å². The van der Waals surface area contributed by atoms with Crippen LogP contribution in [0.1, 0.15) is 43.0 Å². The van der Waals surface area contributed by atoms with Crippen molar-refractivity contribution in [3.05, 3.63) is 22.7 Å². The first kappa shape index (κ1) is 21.3. The molecule has 1 aliphatic carbocycles. The highest BCUT2D eigenvalue weighted by atomic mass is 35.5. The van der Waals surface area contributed by atoms with Crippen LogP contribution in [0, 0.1) is 5.92 Å². The van der Waals surface area contributed by atoms with Crippen molar-refractivity contribution < 1.29 is 23.8 Å². The van der Waals surface area contributed by atoms with Crippen LogP contribution in [0.25, 0.3) is 0 Å². The van der Waals surface area contributed by atoms with Crippen LogP contribution < -0.4 is 20.5 Å². The van der Waals surface area contributed by atoms with Crippen molar-refractivity contribution in [1.29, 1.82) is 0 Å². The van der Waals surface area contributed by atoms with Gasteiger partial charge in [0.25, 0.3) is 11.8 Å². The molecule has 1 aromatic rings. The molecule has 1 aliphatic rings. The Morgan fingerprint density at radius 2 is 2.04 bits per heavy atom. The molecule has 0 saturated heterocycles. The van der Waals surface area contributed by atoms with Crippen molar-refractivity contribution >= 4 is 23.4 Å². The summed E-state index contributed by atoms with van der Waals surface area (Å²) in [7, 11) is 1.42. The van der Waals surface area contributed by atoms with E-state index in [1.165, 1.54) is 38.5 Å². The second-order valence-corrected chi connectivity index (χ2v) is 7.08. The number of benzene rings is 1. The molecule has 2 atom stereocenters. The minimum atomic E-state index is -0.637. The lowest BCUT2D eigenvalue weighted by atomic mass is 9.88. The summed E-state index contributed by atoms with van der Waals surface area (Å²) in [6.45, 7) is 2.74. The molecule has 1 fully saturated rings. The lowest BCUT2D eigenvalue weighted by molar-refractivity contribution is -0.119. The summed E-state index contributed by atoms with van der Waals surface area (Å²) in [5.74, 6) is 0.0509. The van der Waals surface area contributed by atoms with E-state index >= 15 is 0 Å². The smallest absolute Gasteiger partial charge is 0.255 e. The number of ether oxygens (including phenoxy) is 3. The van der Waals surface area contributed by atoms with Crippen molar-refractivity contribution in [2.45, 2.75) is 38.7 Å². The van der Waals surface area contributed by atoms with Gasteiger partial charge in [0.1, 0.15) is 0 Å². The summed E-state index contributed by atoms with van der Waals surface area (Å²) in [4.78, 5) is 23.2. The molecule has 3 N–H and O–H groups in total. The van der Waals surface area contributed by atoms with E-state index in [4.69, 9.17) is 31.5 Å². The van der Waals surface area contributed by atoms with E-state index in [1.807, 2.05) is 0 Å². The molecule has 0 radical (unpaired) electrons. The fraction of sp³-hybridized carbons (Fsp3) is 0.579. The van der Waals surface area contributed by atoms with Crippen LogP contribution in [-0.4, -0.2) is 44.8 Å². The summed E-state index contributed by atoms with van der Waals surface area (Å²) in [5, 5.41) is 2.97. The Balaban J connectivity index is 1.89. The average Bonchev–Trinajstić information content (AvgIpc) is 2.64. The van der Waals surface area contributed by atoms with E-state index < -0.39 is 5.91 Å². The van der Waals surface area contributed by atoms with Gasteiger partial charge in [-0.3, -0.25) is 9.59 Å². The van der Waals surface area contributed by atoms with Gasteiger partial charge in [-0.25, -0.2) is 0 Å². The van der Waals surface area contributed by atoms with Gasteiger partial charge < -0.3 is 25.3 Å². The second-order valence-electron chi connectivity index (χ2n) is 6.67. The third kappa shape index (κ3) is 6.29. The lowest BCUT2D eigenvalue weighted by Crippen LogP contribution is -2.31. The molecular weight excluding hydrogens is 372 g/mol. The van der Waals surface area contributed by atoms with Gasteiger partial charge in [0.2, 0.25) is 0 Å². The number of hydrogen-bond donors (Lipinski definition) is 2. The normalized spacial score (nSPS) is 19.4. The van der Waals surface area contributed by atoms with Gasteiger partial charge in [0, 0.05) is 12.1 Å². The zero-order valence-electron chi connectivity index (χ0n) is 15.8. The van der Waals surface area contributed by atoms with Crippen molar-refractivity contribution in [3.63, 3.8) is 0 Å². The quantitative estimate of drug-likeness (QED) is 0.622. The predicted octanol–water partition coefficient (Wildman–Crippen LogP) is 2.54. The third-order valence-electron chi connectivity index (χ3n) is 4.60. The molecule has 0 spiro atoms. The van der Waals surface area contributed by atoms with E-state index in [-0.39, 0.29) is 35.1 Å². The van der Waals surface area contributed by atoms with Crippen molar-refractivity contribution in [2.75, 3.05) is 26.9 Å².